The number of thiocarbonyl (C=S) groups is 1. The van der Waals surface area contributed by atoms with Crippen molar-refractivity contribution in [3.63, 3.8) is 0 Å². The summed E-state index contributed by atoms with van der Waals surface area (Å²) in [5.74, 6) is 0.841. The van der Waals surface area contributed by atoms with Crippen molar-refractivity contribution in [3.05, 3.63) is 77.2 Å². The lowest BCUT2D eigenvalue weighted by Gasteiger charge is -2.38. The fourth-order valence-corrected chi connectivity index (χ4v) is 4.02. The molecule has 1 aromatic heterocycles. The van der Waals surface area contributed by atoms with Gasteiger partial charge in [0.05, 0.1) is 18.7 Å². The van der Waals surface area contributed by atoms with Gasteiger partial charge in [-0.05, 0) is 55.9 Å². The van der Waals surface area contributed by atoms with Crippen LogP contribution in [0.2, 0.25) is 0 Å². The van der Waals surface area contributed by atoms with E-state index in [0.29, 0.717) is 39.3 Å². The van der Waals surface area contributed by atoms with Gasteiger partial charge in [-0.15, -0.1) is 0 Å². The number of aromatic hydroxyl groups is 1. The summed E-state index contributed by atoms with van der Waals surface area (Å²) in [6, 6.07) is 15.5. The average molecular weight is 451 g/mol. The molecule has 164 valence electrons. The molecule has 0 saturated carbocycles. The Morgan fingerprint density at radius 2 is 1.97 bits per heavy atom. The molecule has 8 nitrogen and oxygen atoms in total. The molecule has 3 N–H and O–H groups in total. The molecule has 1 aliphatic heterocycles. The Morgan fingerprint density at radius 1 is 1.22 bits per heavy atom. The summed E-state index contributed by atoms with van der Waals surface area (Å²) >= 11 is 5.66. The van der Waals surface area contributed by atoms with Crippen LogP contribution in [0.15, 0.2) is 70.4 Å². The lowest BCUT2D eigenvalue weighted by Crippen LogP contribution is -2.48. The van der Waals surface area contributed by atoms with E-state index < -0.39 is 6.04 Å². The van der Waals surface area contributed by atoms with E-state index in [1.165, 1.54) is 13.2 Å². The molecule has 0 fully saturated rings. The number of nitrogens with zero attached hydrogens (tertiary/aromatic N) is 2. The largest absolute Gasteiger partial charge is 0.504 e. The smallest absolute Gasteiger partial charge is 0.257 e. The first-order valence-corrected chi connectivity index (χ1v) is 10.3. The van der Waals surface area contributed by atoms with Gasteiger partial charge in [0.1, 0.15) is 5.76 Å². The maximum Gasteiger partial charge on any atom is 0.257 e. The van der Waals surface area contributed by atoms with Gasteiger partial charge in [0.25, 0.3) is 5.91 Å². The lowest BCUT2D eigenvalue weighted by molar-refractivity contribution is -0.113. The number of ether oxygens (including phenoxy) is 1. The maximum atomic E-state index is 13.4. The van der Waals surface area contributed by atoms with Gasteiger partial charge in [-0.1, -0.05) is 29.4 Å². The van der Waals surface area contributed by atoms with Crippen LogP contribution in [0.4, 0.5) is 11.5 Å². The lowest BCUT2D eigenvalue weighted by atomic mass is 9.93. The van der Waals surface area contributed by atoms with E-state index in [-0.39, 0.29) is 11.7 Å². The Morgan fingerprint density at radius 3 is 2.62 bits per heavy atom. The number of rotatable bonds is 5. The Hall–Kier alpha value is -3.85. The number of hydrogen-bond acceptors (Lipinski definition) is 6. The minimum absolute atomic E-state index is 0.00493. The van der Waals surface area contributed by atoms with E-state index in [1.807, 2.05) is 42.2 Å². The highest BCUT2D eigenvalue weighted by Crippen LogP contribution is 2.37. The second-order valence-corrected chi connectivity index (χ2v) is 7.65. The van der Waals surface area contributed by atoms with E-state index >= 15 is 0 Å². The third-order valence-corrected chi connectivity index (χ3v) is 5.45. The number of hydrogen-bond donors (Lipinski definition) is 3. The number of phenols is 1. The minimum atomic E-state index is -0.579. The molecule has 3 aromatic rings. The predicted octanol–water partition coefficient (Wildman–Crippen LogP) is 4.05. The molecular formula is C23H22N4O4S. The monoisotopic (exact) mass is 450 g/mol. The molecule has 0 saturated heterocycles. The van der Waals surface area contributed by atoms with Gasteiger partial charge < -0.3 is 25.0 Å². The molecule has 1 amide bonds. The number of amides is 1. The summed E-state index contributed by atoms with van der Waals surface area (Å²) in [6.45, 7) is 3.59. The number of nitrogens with one attached hydrogen (secondary N) is 2. The van der Waals surface area contributed by atoms with E-state index in [0.717, 1.165) is 5.69 Å². The molecule has 4 rings (SSSR count). The minimum Gasteiger partial charge on any atom is -0.504 e. The van der Waals surface area contributed by atoms with Crippen LogP contribution in [0.1, 0.15) is 24.3 Å². The Kier molecular flexibility index (Phi) is 5.83. The number of aryl methyl sites for hydroxylation is 1. The zero-order chi connectivity index (χ0) is 22.8. The number of methoxy groups -OCH3 is 1. The van der Waals surface area contributed by atoms with E-state index in [9.17, 15) is 9.90 Å². The van der Waals surface area contributed by atoms with Gasteiger partial charge >= 0.3 is 0 Å². The molecule has 0 bridgehead atoms. The Balaban J connectivity index is 1.82. The standard InChI is InChI=1S/C23H22N4O4S/c1-13-11-19(26-31-13)24-22(29)20-14(2)27(16-7-5-4-6-8-16)23(32)25-21(20)15-9-10-17(28)18(12-15)30-3/h4-12,21,28H,1-3H3,(H,25,32)(H,24,26,29). The van der Waals surface area contributed by atoms with Crippen LogP contribution < -0.4 is 20.3 Å². The van der Waals surface area contributed by atoms with Crippen molar-refractivity contribution in [1.29, 1.82) is 0 Å². The van der Waals surface area contributed by atoms with Gasteiger partial charge in [0, 0.05) is 17.5 Å². The zero-order valence-corrected chi connectivity index (χ0v) is 18.6. The molecule has 2 heterocycles. The molecule has 9 heteroatoms. The molecular weight excluding hydrogens is 428 g/mol. The zero-order valence-electron chi connectivity index (χ0n) is 17.7. The number of aromatic nitrogens is 1. The number of para-hydroxylation sites is 1. The Bertz CT molecular complexity index is 1210. The van der Waals surface area contributed by atoms with Crippen molar-refractivity contribution in [2.45, 2.75) is 19.9 Å². The van der Waals surface area contributed by atoms with Crippen LogP contribution in [0.3, 0.4) is 0 Å². The quantitative estimate of drug-likeness (QED) is 0.501. The molecule has 32 heavy (non-hydrogen) atoms. The Labute approximate surface area is 190 Å². The van der Waals surface area contributed by atoms with E-state index in [4.69, 9.17) is 21.5 Å². The number of anilines is 2. The fraction of sp³-hybridized carbons (Fsp3) is 0.174. The molecule has 2 aromatic carbocycles. The normalized spacial score (nSPS) is 16.0. The highest BCUT2D eigenvalue weighted by atomic mass is 32.1. The number of phenolic OH excluding ortho intramolecular Hbond substituents is 1. The number of carbonyl (C=O) groups excluding carboxylic acids is 1. The van der Waals surface area contributed by atoms with E-state index in [1.54, 1.807) is 25.1 Å². The van der Waals surface area contributed by atoms with Gasteiger partial charge in [-0.3, -0.25) is 9.69 Å². The fourth-order valence-electron chi connectivity index (χ4n) is 3.66. The summed E-state index contributed by atoms with van der Waals surface area (Å²) in [6.07, 6.45) is 0. The van der Waals surface area contributed by atoms with Crippen molar-refractivity contribution < 1.29 is 19.2 Å². The summed E-state index contributed by atoms with van der Waals surface area (Å²) in [7, 11) is 1.47. The first-order valence-electron chi connectivity index (χ1n) is 9.87. The van der Waals surface area contributed by atoms with Crippen molar-refractivity contribution >= 4 is 34.7 Å². The second-order valence-electron chi connectivity index (χ2n) is 7.26. The van der Waals surface area contributed by atoms with Crippen LogP contribution in [0.25, 0.3) is 0 Å². The highest BCUT2D eigenvalue weighted by molar-refractivity contribution is 7.80. The number of allylic oxidation sites excluding steroid dienone is 1. The van der Waals surface area contributed by atoms with Crippen molar-refractivity contribution in [2.24, 2.45) is 0 Å². The average Bonchev–Trinajstić information content (AvgIpc) is 3.18. The van der Waals surface area contributed by atoms with Crippen LogP contribution in [-0.2, 0) is 4.79 Å². The van der Waals surface area contributed by atoms with E-state index in [2.05, 4.69) is 15.8 Å². The van der Waals surface area contributed by atoms with Gasteiger partial charge in [-0.2, -0.15) is 0 Å². The van der Waals surface area contributed by atoms with Crippen molar-refractivity contribution in [3.8, 4) is 11.5 Å². The summed E-state index contributed by atoms with van der Waals surface area (Å²) in [5, 5.41) is 20.4. The summed E-state index contributed by atoms with van der Waals surface area (Å²) in [5.41, 5.74) is 2.63. The molecule has 1 aliphatic rings. The molecule has 0 aliphatic carbocycles. The molecule has 0 radical (unpaired) electrons. The number of carbonyl (C=O) groups is 1. The van der Waals surface area contributed by atoms with Gasteiger partial charge in [-0.25, -0.2) is 0 Å². The topological polar surface area (TPSA) is 99.9 Å². The molecule has 0 spiro atoms. The third-order valence-electron chi connectivity index (χ3n) is 5.15. The summed E-state index contributed by atoms with van der Waals surface area (Å²) < 4.78 is 10.3. The molecule has 1 unspecified atom stereocenters. The maximum absolute atomic E-state index is 13.4. The van der Waals surface area contributed by atoms with Crippen molar-refractivity contribution in [1.82, 2.24) is 10.5 Å². The van der Waals surface area contributed by atoms with Crippen molar-refractivity contribution in [2.75, 3.05) is 17.3 Å². The highest BCUT2D eigenvalue weighted by Gasteiger charge is 2.35. The SMILES string of the molecule is COc1cc(C2NC(=S)N(c3ccccc3)C(C)=C2C(=O)Nc2cc(C)on2)ccc1O. The first kappa shape index (κ1) is 21.4. The van der Waals surface area contributed by atoms with Crippen LogP contribution in [0, 0.1) is 6.92 Å². The third kappa shape index (κ3) is 4.02. The first-order chi connectivity index (χ1) is 15.4. The van der Waals surface area contributed by atoms with Crippen LogP contribution >= 0.6 is 12.2 Å². The summed E-state index contributed by atoms with van der Waals surface area (Å²) in [4.78, 5) is 15.2. The van der Waals surface area contributed by atoms with Gasteiger partial charge in [0.15, 0.2) is 22.4 Å². The second kappa shape index (κ2) is 8.72. The van der Waals surface area contributed by atoms with Gasteiger partial charge in [0.2, 0.25) is 0 Å². The van der Waals surface area contributed by atoms with Crippen LogP contribution in [-0.4, -0.2) is 28.4 Å². The number of benzene rings is 2. The predicted molar refractivity (Wildman–Crippen MR) is 125 cm³/mol. The molecule has 1 atom stereocenters. The van der Waals surface area contributed by atoms with Crippen LogP contribution in [0.5, 0.6) is 11.5 Å².